The fourth-order valence-electron chi connectivity index (χ4n) is 3.59. The number of carbonyl (C=O) groups is 1. The molecule has 2 aromatic heterocycles. The Hall–Kier alpha value is -2.69. The van der Waals surface area contributed by atoms with Gasteiger partial charge in [0.05, 0.1) is 16.6 Å². The van der Waals surface area contributed by atoms with Gasteiger partial charge in [-0.15, -0.1) is 0 Å². The van der Waals surface area contributed by atoms with Crippen LogP contribution in [-0.4, -0.2) is 33.5 Å². The smallest absolute Gasteiger partial charge is 0.257 e. The van der Waals surface area contributed by atoms with Crippen LogP contribution in [0, 0.1) is 6.92 Å². The first kappa shape index (κ1) is 15.8. The van der Waals surface area contributed by atoms with E-state index in [4.69, 9.17) is 4.52 Å². The molecule has 0 spiro atoms. The normalized spacial score (nSPS) is 17.8. The van der Waals surface area contributed by atoms with Crippen LogP contribution in [0.4, 0.5) is 0 Å². The lowest BCUT2D eigenvalue weighted by Crippen LogP contribution is -2.44. The van der Waals surface area contributed by atoms with Gasteiger partial charge in [-0.05, 0) is 44.2 Å². The fourth-order valence-corrected chi connectivity index (χ4v) is 3.59. The van der Waals surface area contributed by atoms with Gasteiger partial charge in [0.1, 0.15) is 0 Å². The maximum atomic E-state index is 13.1. The van der Waals surface area contributed by atoms with Crippen LogP contribution < -0.4 is 0 Å². The third-order valence-electron chi connectivity index (χ3n) is 4.96. The average molecular weight is 335 g/mol. The van der Waals surface area contributed by atoms with Crippen LogP contribution in [0.15, 0.2) is 47.1 Å². The van der Waals surface area contributed by atoms with Crippen molar-refractivity contribution in [1.82, 2.24) is 15.0 Å². The van der Waals surface area contributed by atoms with Crippen LogP contribution in [0.3, 0.4) is 0 Å². The summed E-state index contributed by atoms with van der Waals surface area (Å²) in [6, 6.07) is 12.5. The molecule has 1 fully saturated rings. The molecule has 1 aliphatic heterocycles. The van der Waals surface area contributed by atoms with E-state index in [0.717, 1.165) is 36.9 Å². The monoisotopic (exact) mass is 335 g/mol. The summed E-state index contributed by atoms with van der Waals surface area (Å²) in [6.45, 7) is 2.66. The molecule has 5 nitrogen and oxygen atoms in total. The van der Waals surface area contributed by atoms with Gasteiger partial charge >= 0.3 is 0 Å². The Morgan fingerprint density at radius 2 is 2.12 bits per heavy atom. The number of hydrogen-bond acceptors (Lipinski definition) is 4. The molecular formula is C20H21N3O2. The van der Waals surface area contributed by atoms with Gasteiger partial charge in [0.15, 0.2) is 0 Å². The molecule has 0 N–H and O–H groups in total. The SMILES string of the molecule is Cc1noc2ncc(C(=O)N3CCCC[C@@H]3Cc3ccccc3)cc12. The molecule has 0 saturated carbocycles. The number of pyridine rings is 1. The van der Waals surface area contributed by atoms with Crippen molar-refractivity contribution in [2.45, 2.75) is 38.6 Å². The molecule has 5 heteroatoms. The van der Waals surface area contributed by atoms with Gasteiger partial charge in [0.2, 0.25) is 0 Å². The highest BCUT2D eigenvalue weighted by Gasteiger charge is 2.28. The molecular weight excluding hydrogens is 314 g/mol. The van der Waals surface area contributed by atoms with Crippen LogP contribution >= 0.6 is 0 Å². The second kappa shape index (κ2) is 6.67. The van der Waals surface area contributed by atoms with Crippen molar-refractivity contribution >= 4 is 17.0 Å². The van der Waals surface area contributed by atoms with E-state index in [1.54, 1.807) is 6.20 Å². The molecule has 1 saturated heterocycles. The minimum atomic E-state index is 0.0515. The minimum absolute atomic E-state index is 0.0515. The summed E-state index contributed by atoms with van der Waals surface area (Å²) >= 11 is 0. The number of aromatic nitrogens is 2. The minimum Gasteiger partial charge on any atom is -0.336 e. The number of piperidine rings is 1. The highest BCUT2D eigenvalue weighted by molar-refractivity contribution is 5.97. The summed E-state index contributed by atoms with van der Waals surface area (Å²) in [6.07, 6.45) is 5.77. The van der Waals surface area contributed by atoms with Crippen LogP contribution in [0.5, 0.6) is 0 Å². The van der Waals surface area contributed by atoms with Crippen molar-refractivity contribution in [2.75, 3.05) is 6.54 Å². The summed E-state index contributed by atoms with van der Waals surface area (Å²) in [5.41, 5.74) is 3.12. The van der Waals surface area contributed by atoms with Crippen molar-refractivity contribution in [3.8, 4) is 0 Å². The number of nitrogens with zero attached hydrogens (tertiary/aromatic N) is 3. The van der Waals surface area contributed by atoms with Crippen molar-refractivity contribution in [1.29, 1.82) is 0 Å². The lowest BCUT2D eigenvalue weighted by atomic mass is 9.95. The molecule has 25 heavy (non-hydrogen) atoms. The lowest BCUT2D eigenvalue weighted by molar-refractivity contribution is 0.0613. The number of hydrogen-bond donors (Lipinski definition) is 0. The topological polar surface area (TPSA) is 59.2 Å². The Bertz CT molecular complexity index is 888. The molecule has 4 rings (SSSR count). The van der Waals surface area contributed by atoms with E-state index in [-0.39, 0.29) is 11.9 Å². The van der Waals surface area contributed by atoms with Gasteiger partial charge in [0, 0.05) is 18.8 Å². The van der Waals surface area contributed by atoms with Crippen molar-refractivity contribution in [3.05, 3.63) is 59.4 Å². The van der Waals surface area contributed by atoms with Gasteiger partial charge in [-0.3, -0.25) is 4.79 Å². The number of fused-ring (bicyclic) bond motifs is 1. The number of rotatable bonds is 3. The molecule has 3 aromatic rings. The predicted octanol–water partition coefficient (Wildman–Crippen LogP) is 3.77. The van der Waals surface area contributed by atoms with Crippen LogP contribution in [-0.2, 0) is 6.42 Å². The van der Waals surface area contributed by atoms with E-state index in [1.807, 2.05) is 24.0 Å². The first-order chi connectivity index (χ1) is 12.2. The Morgan fingerprint density at radius 3 is 2.96 bits per heavy atom. The Balaban J connectivity index is 1.60. The zero-order valence-corrected chi connectivity index (χ0v) is 14.3. The predicted molar refractivity (Wildman–Crippen MR) is 95.4 cm³/mol. The number of likely N-dealkylation sites (tertiary alicyclic amines) is 1. The molecule has 1 aromatic carbocycles. The maximum Gasteiger partial charge on any atom is 0.257 e. The third-order valence-corrected chi connectivity index (χ3v) is 4.96. The zero-order chi connectivity index (χ0) is 17.2. The zero-order valence-electron chi connectivity index (χ0n) is 14.3. The summed E-state index contributed by atoms with van der Waals surface area (Å²) in [7, 11) is 0. The van der Waals surface area contributed by atoms with Gasteiger partial charge in [-0.2, -0.15) is 0 Å². The van der Waals surface area contributed by atoms with Gasteiger partial charge < -0.3 is 9.42 Å². The molecule has 0 radical (unpaired) electrons. The van der Waals surface area contributed by atoms with Crippen LogP contribution in [0.2, 0.25) is 0 Å². The highest BCUT2D eigenvalue weighted by atomic mass is 16.5. The van der Waals surface area contributed by atoms with Gasteiger partial charge in [0.25, 0.3) is 11.6 Å². The van der Waals surface area contributed by atoms with E-state index in [1.165, 1.54) is 12.0 Å². The largest absolute Gasteiger partial charge is 0.336 e. The molecule has 128 valence electrons. The molecule has 0 aliphatic carbocycles. The number of carbonyl (C=O) groups excluding carboxylic acids is 1. The van der Waals surface area contributed by atoms with E-state index in [2.05, 4.69) is 34.4 Å². The maximum absolute atomic E-state index is 13.1. The first-order valence-electron chi connectivity index (χ1n) is 8.79. The Morgan fingerprint density at radius 1 is 1.28 bits per heavy atom. The van der Waals surface area contributed by atoms with E-state index < -0.39 is 0 Å². The van der Waals surface area contributed by atoms with Crippen molar-refractivity contribution in [3.63, 3.8) is 0 Å². The number of amides is 1. The first-order valence-corrected chi connectivity index (χ1v) is 8.79. The quantitative estimate of drug-likeness (QED) is 0.731. The summed E-state index contributed by atoms with van der Waals surface area (Å²) in [5.74, 6) is 0.0515. The number of benzene rings is 1. The summed E-state index contributed by atoms with van der Waals surface area (Å²) in [5, 5.41) is 4.72. The third kappa shape index (κ3) is 3.14. The van der Waals surface area contributed by atoms with Crippen LogP contribution in [0.1, 0.15) is 40.9 Å². The second-order valence-corrected chi connectivity index (χ2v) is 6.68. The van der Waals surface area contributed by atoms with Gasteiger partial charge in [-0.1, -0.05) is 35.5 Å². The molecule has 3 heterocycles. The second-order valence-electron chi connectivity index (χ2n) is 6.68. The van der Waals surface area contributed by atoms with E-state index in [0.29, 0.717) is 11.3 Å². The van der Waals surface area contributed by atoms with E-state index in [9.17, 15) is 4.79 Å². The van der Waals surface area contributed by atoms with Crippen molar-refractivity contribution < 1.29 is 9.32 Å². The molecule has 0 bridgehead atoms. The summed E-state index contributed by atoms with van der Waals surface area (Å²) < 4.78 is 5.14. The highest BCUT2D eigenvalue weighted by Crippen LogP contribution is 2.24. The average Bonchev–Trinajstić information content (AvgIpc) is 3.03. The Labute approximate surface area is 146 Å². The standard InChI is InChI=1S/C20H21N3O2/c1-14-18-12-16(13-21-19(18)25-22-14)20(24)23-10-6-5-9-17(23)11-15-7-3-2-4-8-15/h2-4,7-8,12-13,17H,5-6,9-11H2,1H3/t17-/m1/s1. The molecule has 1 aliphatic rings. The van der Waals surface area contributed by atoms with Gasteiger partial charge in [-0.25, -0.2) is 4.98 Å². The van der Waals surface area contributed by atoms with Crippen molar-refractivity contribution in [2.24, 2.45) is 0 Å². The van der Waals surface area contributed by atoms with E-state index >= 15 is 0 Å². The van der Waals surface area contributed by atoms with Crippen LogP contribution in [0.25, 0.3) is 11.1 Å². The lowest BCUT2D eigenvalue weighted by Gasteiger charge is -2.36. The molecule has 1 amide bonds. The number of aryl methyl sites for hydroxylation is 1. The Kier molecular flexibility index (Phi) is 4.22. The fraction of sp³-hybridized carbons (Fsp3) is 0.350. The molecule has 0 unspecified atom stereocenters. The molecule has 1 atom stereocenters. The summed E-state index contributed by atoms with van der Waals surface area (Å²) in [4.78, 5) is 19.4.